The zero-order valence-corrected chi connectivity index (χ0v) is 11.4. The Balaban J connectivity index is 2.82. The average molecular weight is 273 g/mol. The van der Waals surface area contributed by atoms with Crippen LogP contribution in [0.4, 0.5) is 13.2 Å². The van der Waals surface area contributed by atoms with Crippen LogP contribution in [0.2, 0.25) is 0 Å². The molecule has 1 rings (SSSR count). The second-order valence-electron chi connectivity index (χ2n) is 4.60. The molecule has 0 radical (unpaired) electrons. The summed E-state index contributed by atoms with van der Waals surface area (Å²) in [7, 11) is 1.79. The predicted molar refractivity (Wildman–Crippen MR) is 70.1 cm³/mol. The van der Waals surface area contributed by atoms with Crippen LogP contribution in [-0.2, 0) is 12.7 Å². The number of halogens is 3. The Morgan fingerprint density at radius 3 is 2.53 bits per heavy atom. The normalized spacial score (nSPS) is 11.4. The summed E-state index contributed by atoms with van der Waals surface area (Å²) in [6, 6.07) is 5.44. The van der Waals surface area contributed by atoms with Gasteiger partial charge in [0, 0.05) is 0 Å². The first-order valence-electron chi connectivity index (χ1n) is 6.29. The number of nitrogens with zero attached hydrogens (tertiary/aromatic N) is 2. The third kappa shape index (κ3) is 4.93. The van der Waals surface area contributed by atoms with Crippen molar-refractivity contribution < 1.29 is 17.9 Å². The second-order valence-corrected chi connectivity index (χ2v) is 4.60. The zero-order valence-electron chi connectivity index (χ0n) is 11.4. The van der Waals surface area contributed by atoms with Crippen LogP contribution in [0.15, 0.2) is 24.3 Å². The van der Waals surface area contributed by atoms with Crippen molar-refractivity contribution in [2.75, 3.05) is 13.6 Å². The first-order valence-corrected chi connectivity index (χ1v) is 6.29. The van der Waals surface area contributed by atoms with E-state index in [1.807, 2.05) is 5.01 Å². The van der Waals surface area contributed by atoms with Gasteiger partial charge in [0.2, 0.25) is 0 Å². The molecule has 0 heterocycles. The molecule has 0 aliphatic carbocycles. The molecule has 0 atom stereocenters. The van der Waals surface area contributed by atoms with Crippen LogP contribution in [0, 0.1) is 0 Å². The predicted octanol–water partition coefficient (Wildman–Crippen LogP) is 3.57. The van der Waals surface area contributed by atoms with Gasteiger partial charge >= 0.3 is 6.18 Å². The van der Waals surface area contributed by atoms with Crippen LogP contribution in [0.3, 0.4) is 0 Å². The number of alkyl halides is 3. The van der Waals surface area contributed by atoms with Crippen molar-refractivity contribution >= 4 is 6.72 Å². The van der Waals surface area contributed by atoms with Gasteiger partial charge < -0.3 is 0 Å². The Bertz CT molecular complexity index is 427. The van der Waals surface area contributed by atoms with Crippen molar-refractivity contribution in [1.29, 1.82) is 0 Å². The van der Waals surface area contributed by atoms with Crippen LogP contribution >= 0.6 is 0 Å². The van der Waals surface area contributed by atoms with Crippen molar-refractivity contribution in [3.05, 3.63) is 35.4 Å². The third-order valence-electron chi connectivity index (χ3n) is 2.87. The molecule has 19 heavy (non-hydrogen) atoms. The van der Waals surface area contributed by atoms with E-state index in [9.17, 15) is 13.2 Å². The van der Waals surface area contributed by atoms with Crippen LogP contribution in [0.1, 0.15) is 30.9 Å². The van der Waals surface area contributed by atoms with E-state index < -0.39 is 11.7 Å². The number of unbranched alkanes of at least 4 members (excludes halogenated alkanes) is 1. The summed E-state index contributed by atoms with van der Waals surface area (Å²) in [5.74, 6) is 0. The summed E-state index contributed by atoms with van der Waals surface area (Å²) in [6.45, 7) is 7.09. The quantitative estimate of drug-likeness (QED) is 0.436. The summed E-state index contributed by atoms with van der Waals surface area (Å²) >= 11 is 0. The van der Waals surface area contributed by atoms with E-state index in [0.717, 1.165) is 25.5 Å². The van der Waals surface area contributed by atoms with E-state index in [1.165, 1.54) is 12.1 Å². The van der Waals surface area contributed by atoms with E-state index in [-0.39, 0.29) is 0 Å². The topological polar surface area (TPSA) is 6.25 Å². The van der Waals surface area contributed by atoms with Gasteiger partial charge in [0.25, 0.3) is 0 Å². The number of hydrogen-bond acceptors (Lipinski definition) is 1. The van der Waals surface area contributed by atoms with Crippen LogP contribution in [0.25, 0.3) is 0 Å². The molecule has 106 valence electrons. The third-order valence-corrected chi connectivity index (χ3v) is 2.87. The maximum Gasteiger partial charge on any atom is 0.416 e. The molecule has 0 saturated carbocycles. The minimum Gasteiger partial charge on any atom is -0.182 e. The van der Waals surface area contributed by atoms with Gasteiger partial charge in [-0.3, -0.25) is 0 Å². The van der Waals surface area contributed by atoms with E-state index in [2.05, 4.69) is 13.6 Å². The molecule has 5 heteroatoms. The van der Waals surface area contributed by atoms with Gasteiger partial charge in [-0.05, 0) is 24.1 Å². The molecule has 0 spiro atoms. The van der Waals surface area contributed by atoms with Crippen LogP contribution in [-0.4, -0.2) is 30.0 Å². The maximum absolute atomic E-state index is 12.6. The summed E-state index contributed by atoms with van der Waals surface area (Å²) in [5, 5.41) is 1.93. The highest BCUT2D eigenvalue weighted by molar-refractivity contribution is 5.25. The number of hydrazine groups is 1. The molecule has 0 aliphatic rings. The average Bonchev–Trinajstić information content (AvgIpc) is 2.33. The number of hydrogen-bond donors (Lipinski definition) is 0. The molecule has 0 aliphatic heterocycles. The molecule has 1 aromatic rings. The first-order chi connectivity index (χ1) is 8.84. The number of rotatable bonds is 6. The van der Waals surface area contributed by atoms with Crippen molar-refractivity contribution in [2.45, 2.75) is 32.5 Å². The van der Waals surface area contributed by atoms with Crippen molar-refractivity contribution in [3.63, 3.8) is 0 Å². The largest absolute Gasteiger partial charge is 0.416 e. The monoisotopic (exact) mass is 273 g/mol. The first kappa shape index (κ1) is 15.5. The molecular weight excluding hydrogens is 253 g/mol. The Hall–Kier alpha value is -1.52. The minimum absolute atomic E-state index is 0.434. The second kappa shape index (κ2) is 6.59. The summed E-state index contributed by atoms with van der Waals surface area (Å²) in [5.41, 5.74) is 0.0357. The van der Waals surface area contributed by atoms with E-state index in [4.69, 9.17) is 0 Å². The molecule has 1 aromatic carbocycles. The molecule has 0 amide bonds. The minimum atomic E-state index is -4.29. The van der Waals surface area contributed by atoms with E-state index in [0.29, 0.717) is 12.1 Å². The molecule has 0 unspecified atom stereocenters. The summed E-state index contributed by atoms with van der Waals surface area (Å²) in [4.78, 5) is 0. The van der Waals surface area contributed by atoms with Crippen molar-refractivity contribution in [1.82, 2.24) is 5.01 Å². The number of benzene rings is 1. The Labute approximate surface area is 112 Å². The molecule has 0 aromatic heterocycles. The van der Waals surface area contributed by atoms with Crippen molar-refractivity contribution in [3.8, 4) is 0 Å². The van der Waals surface area contributed by atoms with Crippen LogP contribution in [0.5, 0.6) is 0 Å². The lowest BCUT2D eigenvalue weighted by molar-refractivity contribution is -0.665. The fourth-order valence-corrected chi connectivity index (χ4v) is 1.77. The molecule has 0 bridgehead atoms. The van der Waals surface area contributed by atoms with Gasteiger partial charge in [0.15, 0.2) is 13.8 Å². The van der Waals surface area contributed by atoms with E-state index >= 15 is 0 Å². The lowest BCUT2D eigenvalue weighted by atomic mass is 10.1. The SMILES string of the molecule is C=[N+](C)N(CCCC)Cc1cccc(C(F)(F)F)c1. The fraction of sp³-hybridized carbons (Fsp3) is 0.500. The summed E-state index contributed by atoms with van der Waals surface area (Å²) in [6.07, 6.45) is -2.27. The highest BCUT2D eigenvalue weighted by Gasteiger charge is 2.30. The standard InChI is InChI=1S/C14H20F3N2/c1-4-5-9-19(18(2)3)11-12-7-6-8-13(10-12)14(15,16)17/h6-8,10H,2,4-5,9,11H2,1,3H3/q+1. The van der Waals surface area contributed by atoms with E-state index in [1.54, 1.807) is 17.8 Å². The fourth-order valence-electron chi connectivity index (χ4n) is 1.77. The zero-order chi connectivity index (χ0) is 14.5. The molecule has 2 nitrogen and oxygen atoms in total. The molecule has 0 N–H and O–H groups in total. The Morgan fingerprint density at radius 1 is 1.32 bits per heavy atom. The Morgan fingerprint density at radius 2 is 2.00 bits per heavy atom. The van der Waals surface area contributed by atoms with Gasteiger partial charge in [-0.15, -0.1) is 4.68 Å². The lowest BCUT2D eigenvalue weighted by Crippen LogP contribution is -2.32. The van der Waals surface area contributed by atoms with Gasteiger partial charge in [0.1, 0.15) is 0 Å². The van der Waals surface area contributed by atoms with Gasteiger partial charge in [-0.2, -0.15) is 18.2 Å². The highest BCUT2D eigenvalue weighted by atomic mass is 19.4. The molecule has 0 saturated heterocycles. The molecular formula is C14H20F3N2+. The highest BCUT2D eigenvalue weighted by Crippen LogP contribution is 2.29. The number of hydrazone groups is 1. The Kier molecular flexibility index (Phi) is 5.39. The van der Waals surface area contributed by atoms with Gasteiger partial charge in [-0.1, -0.05) is 25.5 Å². The summed E-state index contributed by atoms with van der Waals surface area (Å²) < 4.78 is 39.6. The van der Waals surface area contributed by atoms with Crippen molar-refractivity contribution in [2.24, 2.45) is 0 Å². The lowest BCUT2D eigenvalue weighted by Gasteiger charge is -2.18. The maximum atomic E-state index is 12.6. The van der Waals surface area contributed by atoms with Gasteiger partial charge in [-0.25, -0.2) is 0 Å². The molecule has 0 fully saturated rings. The van der Waals surface area contributed by atoms with Crippen LogP contribution < -0.4 is 0 Å². The smallest absolute Gasteiger partial charge is 0.182 e. The van der Waals surface area contributed by atoms with Gasteiger partial charge in [0.05, 0.1) is 18.7 Å².